The average molecular weight is 420 g/mol. The summed E-state index contributed by atoms with van der Waals surface area (Å²) in [5.74, 6) is -1.61. The average Bonchev–Trinajstić information content (AvgIpc) is 2.75. The van der Waals surface area contributed by atoms with Gasteiger partial charge in [-0.1, -0.05) is 31.9 Å². The van der Waals surface area contributed by atoms with Gasteiger partial charge in [-0.2, -0.15) is 0 Å². The van der Waals surface area contributed by atoms with Gasteiger partial charge in [-0.05, 0) is 94.1 Å². The number of likely N-dealkylation sites (tertiary alicyclic amines) is 1. The number of carboxylic acids is 2. The minimum absolute atomic E-state index is 0.868. The maximum atomic E-state index is 9.10. The molecule has 6 nitrogen and oxygen atoms in total. The number of carbonyl (C=O) groups is 2. The molecule has 1 aliphatic heterocycles. The van der Waals surface area contributed by atoms with Crippen molar-refractivity contribution in [1.82, 2.24) is 4.90 Å². The molecule has 0 unspecified atom stereocenters. The van der Waals surface area contributed by atoms with Crippen LogP contribution in [0.25, 0.3) is 0 Å². The topological polar surface area (TPSA) is 87.1 Å². The monoisotopic (exact) mass is 419 g/mol. The lowest BCUT2D eigenvalue weighted by Gasteiger charge is -2.32. The minimum Gasteiger partial charge on any atom is -0.493 e. The molecule has 3 rings (SSSR count). The lowest BCUT2D eigenvalue weighted by molar-refractivity contribution is -0.159. The number of unbranched alkanes of at least 4 members (excludes halogenated alkanes) is 2. The van der Waals surface area contributed by atoms with Gasteiger partial charge in [0.1, 0.15) is 5.75 Å². The van der Waals surface area contributed by atoms with Crippen LogP contribution in [0.1, 0.15) is 69.4 Å². The predicted molar refractivity (Wildman–Crippen MR) is 117 cm³/mol. The first kappa shape index (κ1) is 24.2. The molecule has 0 spiro atoms. The summed E-state index contributed by atoms with van der Waals surface area (Å²) >= 11 is 0. The molecule has 168 valence electrons. The van der Waals surface area contributed by atoms with E-state index < -0.39 is 11.9 Å². The minimum atomic E-state index is -1.82. The van der Waals surface area contributed by atoms with E-state index in [0.29, 0.717) is 0 Å². The maximum Gasteiger partial charge on any atom is 0.414 e. The number of hydrogen-bond donors (Lipinski definition) is 2. The van der Waals surface area contributed by atoms with Gasteiger partial charge in [0, 0.05) is 0 Å². The molecule has 0 radical (unpaired) electrons. The van der Waals surface area contributed by atoms with Gasteiger partial charge in [0.15, 0.2) is 0 Å². The number of piperidine rings is 1. The fraction of sp³-hybridized carbons (Fsp3) is 0.667. The zero-order valence-corrected chi connectivity index (χ0v) is 18.3. The largest absolute Gasteiger partial charge is 0.493 e. The number of carboxylic acid groups (broad SMARTS) is 2. The van der Waals surface area contributed by atoms with Crippen LogP contribution in [0.4, 0.5) is 0 Å². The van der Waals surface area contributed by atoms with Crippen LogP contribution in [0.5, 0.6) is 5.75 Å². The van der Waals surface area contributed by atoms with Crippen molar-refractivity contribution >= 4 is 11.9 Å². The molecule has 30 heavy (non-hydrogen) atoms. The highest BCUT2D eigenvalue weighted by molar-refractivity contribution is 6.27. The highest BCUT2D eigenvalue weighted by atomic mass is 16.5. The Morgan fingerprint density at radius 1 is 1.07 bits per heavy atom. The van der Waals surface area contributed by atoms with E-state index in [1.807, 2.05) is 0 Å². The summed E-state index contributed by atoms with van der Waals surface area (Å²) in [5, 5.41) is 14.8. The van der Waals surface area contributed by atoms with Crippen LogP contribution in [-0.2, 0) is 22.4 Å². The lowest BCUT2D eigenvalue weighted by Crippen LogP contribution is -2.34. The molecule has 1 heterocycles. The Morgan fingerprint density at radius 2 is 1.77 bits per heavy atom. The third kappa shape index (κ3) is 8.34. The van der Waals surface area contributed by atoms with Crippen molar-refractivity contribution in [2.45, 2.75) is 71.1 Å². The third-order valence-corrected chi connectivity index (χ3v) is 6.10. The Labute approximate surface area is 180 Å². The van der Waals surface area contributed by atoms with Crippen molar-refractivity contribution in [3.05, 3.63) is 29.3 Å². The second kappa shape index (κ2) is 13.3. The van der Waals surface area contributed by atoms with Gasteiger partial charge in [-0.3, -0.25) is 0 Å². The Bertz CT molecular complexity index is 656. The van der Waals surface area contributed by atoms with Gasteiger partial charge in [-0.15, -0.1) is 0 Å². The molecular weight excluding hydrogens is 382 g/mol. The van der Waals surface area contributed by atoms with Crippen molar-refractivity contribution in [3.63, 3.8) is 0 Å². The Hall–Kier alpha value is -2.08. The molecule has 1 aromatic carbocycles. The van der Waals surface area contributed by atoms with Gasteiger partial charge >= 0.3 is 11.9 Å². The number of ether oxygens (including phenoxy) is 1. The summed E-state index contributed by atoms with van der Waals surface area (Å²) in [4.78, 5) is 20.9. The fourth-order valence-corrected chi connectivity index (χ4v) is 4.30. The SMILES string of the molecule is CCCCCN1CCC(CCOc2cccc3c2CCCC3)CC1.O=C(O)C(=O)O. The summed E-state index contributed by atoms with van der Waals surface area (Å²) in [6.07, 6.45) is 13.2. The van der Waals surface area contributed by atoms with E-state index in [9.17, 15) is 0 Å². The highest BCUT2D eigenvalue weighted by Crippen LogP contribution is 2.30. The standard InChI is InChI=1S/C22H35NO.C2H2O4/c1-2-3-6-15-23-16-12-19(13-17-23)14-18-24-22-11-7-9-20-8-4-5-10-21(20)22;3-1(4)2(5)6/h7,9,11,19H,2-6,8,10,12-18H2,1H3;(H,3,4)(H,5,6). The second-order valence-corrected chi connectivity index (χ2v) is 8.34. The summed E-state index contributed by atoms with van der Waals surface area (Å²) in [6.45, 7) is 7.10. The molecule has 1 fully saturated rings. The zero-order valence-electron chi connectivity index (χ0n) is 18.3. The van der Waals surface area contributed by atoms with Crippen LogP contribution in [0.2, 0.25) is 0 Å². The molecule has 0 amide bonds. The number of aryl methyl sites for hydroxylation is 1. The number of rotatable bonds is 8. The number of hydrogen-bond acceptors (Lipinski definition) is 4. The smallest absolute Gasteiger partial charge is 0.414 e. The van der Waals surface area contributed by atoms with E-state index in [1.165, 1.54) is 101 Å². The fourth-order valence-electron chi connectivity index (χ4n) is 4.30. The van der Waals surface area contributed by atoms with Gasteiger partial charge in [0.2, 0.25) is 0 Å². The molecule has 0 aromatic heterocycles. The Morgan fingerprint density at radius 3 is 2.43 bits per heavy atom. The summed E-state index contributed by atoms with van der Waals surface area (Å²) in [6, 6.07) is 6.64. The first-order valence-electron chi connectivity index (χ1n) is 11.4. The number of nitrogens with zero attached hydrogens (tertiary/aromatic N) is 1. The number of benzene rings is 1. The van der Waals surface area contributed by atoms with Crippen LogP contribution in [0, 0.1) is 5.92 Å². The van der Waals surface area contributed by atoms with Gasteiger partial charge in [-0.25, -0.2) is 9.59 Å². The van der Waals surface area contributed by atoms with Crippen molar-refractivity contribution < 1.29 is 24.5 Å². The van der Waals surface area contributed by atoms with E-state index in [4.69, 9.17) is 24.5 Å². The van der Waals surface area contributed by atoms with E-state index in [2.05, 4.69) is 30.0 Å². The van der Waals surface area contributed by atoms with Crippen LogP contribution in [0.3, 0.4) is 0 Å². The van der Waals surface area contributed by atoms with E-state index in [1.54, 1.807) is 0 Å². The maximum absolute atomic E-state index is 9.10. The molecule has 0 saturated carbocycles. The van der Waals surface area contributed by atoms with Crippen LogP contribution in [0.15, 0.2) is 18.2 Å². The molecule has 1 aliphatic carbocycles. The number of fused-ring (bicyclic) bond motifs is 1. The van der Waals surface area contributed by atoms with E-state index in [-0.39, 0.29) is 0 Å². The summed E-state index contributed by atoms with van der Waals surface area (Å²) in [7, 11) is 0. The molecule has 2 N–H and O–H groups in total. The Balaban J connectivity index is 0.000000469. The molecular formula is C24H37NO5. The van der Waals surface area contributed by atoms with E-state index in [0.717, 1.165) is 12.5 Å². The second-order valence-electron chi connectivity index (χ2n) is 8.34. The van der Waals surface area contributed by atoms with Gasteiger partial charge in [0.25, 0.3) is 0 Å². The van der Waals surface area contributed by atoms with Crippen molar-refractivity contribution in [1.29, 1.82) is 0 Å². The van der Waals surface area contributed by atoms with Crippen LogP contribution >= 0.6 is 0 Å². The molecule has 1 aromatic rings. The molecule has 0 bridgehead atoms. The van der Waals surface area contributed by atoms with Crippen molar-refractivity contribution in [3.8, 4) is 5.75 Å². The van der Waals surface area contributed by atoms with Crippen molar-refractivity contribution in [2.75, 3.05) is 26.2 Å². The first-order valence-corrected chi connectivity index (χ1v) is 11.4. The van der Waals surface area contributed by atoms with Crippen LogP contribution < -0.4 is 4.74 Å². The summed E-state index contributed by atoms with van der Waals surface area (Å²) in [5.41, 5.74) is 3.02. The van der Waals surface area contributed by atoms with E-state index >= 15 is 0 Å². The zero-order chi connectivity index (χ0) is 21.8. The highest BCUT2D eigenvalue weighted by Gasteiger charge is 2.19. The molecule has 0 atom stereocenters. The van der Waals surface area contributed by atoms with Gasteiger partial charge in [0.05, 0.1) is 6.61 Å². The summed E-state index contributed by atoms with van der Waals surface area (Å²) < 4.78 is 6.20. The quantitative estimate of drug-likeness (QED) is 0.480. The normalized spacial score (nSPS) is 16.8. The first-order chi connectivity index (χ1) is 14.5. The van der Waals surface area contributed by atoms with Gasteiger partial charge < -0.3 is 19.8 Å². The number of aliphatic carboxylic acids is 2. The lowest BCUT2D eigenvalue weighted by atomic mass is 9.91. The molecule has 1 saturated heterocycles. The molecule has 2 aliphatic rings. The van der Waals surface area contributed by atoms with Crippen molar-refractivity contribution in [2.24, 2.45) is 5.92 Å². The predicted octanol–water partition coefficient (Wildman–Crippen LogP) is 4.39. The third-order valence-electron chi connectivity index (χ3n) is 6.10. The van der Waals surface area contributed by atoms with Crippen LogP contribution in [-0.4, -0.2) is 53.3 Å². The Kier molecular flexibility index (Phi) is 10.7. The molecule has 6 heteroatoms.